The highest BCUT2D eigenvalue weighted by molar-refractivity contribution is 7.92. The van der Waals surface area contributed by atoms with Crippen molar-refractivity contribution in [3.05, 3.63) is 57.6 Å². The summed E-state index contributed by atoms with van der Waals surface area (Å²) < 4.78 is 24.8. The number of rotatable bonds is 6. The predicted molar refractivity (Wildman–Crippen MR) is 123 cm³/mol. The lowest BCUT2D eigenvalue weighted by molar-refractivity contribution is 0.201. The molecule has 1 saturated carbocycles. The number of hydrazine groups is 1. The summed E-state index contributed by atoms with van der Waals surface area (Å²) >= 11 is 6.11. The minimum absolute atomic E-state index is 0.0519. The van der Waals surface area contributed by atoms with Crippen molar-refractivity contribution in [3.8, 4) is 0 Å². The van der Waals surface area contributed by atoms with Crippen LogP contribution in [0.1, 0.15) is 50.5 Å². The molecule has 2 aliphatic rings. The third-order valence-electron chi connectivity index (χ3n) is 5.72. The molecule has 0 bridgehead atoms. The van der Waals surface area contributed by atoms with Gasteiger partial charge in [-0.15, -0.1) is 4.83 Å². The highest BCUT2D eigenvalue weighted by Crippen LogP contribution is 2.29. The van der Waals surface area contributed by atoms with Crippen LogP contribution in [-0.4, -0.2) is 32.2 Å². The Morgan fingerprint density at radius 3 is 2.73 bits per heavy atom. The van der Waals surface area contributed by atoms with E-state index in [0.29, 0.717) is 22.9 Å². The maximum absolute atomic E-state index is 12.4. The van der Waals surface area contributed by atoms with E-state index in [1.54, 1.807) is 5.01 Å². The fourth-order valence-electron chi connectivity index (χ4n) is 4.13. The molecule has 1 aliphatic heterocycles. The Balaban J connectivity index is 1.72. The van der Waals surface area contributed by atoms with E-state index >= 15 is 0 Å². The second kappa shape index (κ2) is 10.6. The number of benzene rings is 1. The molecule has 0 radical (unpaired) electrons. The largest absolute Gasteiger partial charge is 0.398 e. The van der Waals surface area contributed by atoms with Crippen LogP contribution in [0.3, 0.4) is 0 Å². The van der Waals surface area contributed by atoms with E-state index in [1.807, 2.05) is 24.3 Å². The molecule has 0 spiro atoms. The zero-order valence-electron chi connectivity index (χ0n) is 17.2. The zero-order valence-corrected chi connectivity index (χ0v) is 18.8. The van der Waals surface area contributed by atoms with Gasteiger partial charge in [-0.1, -0.05) is 36.6 Å². The molecular weight excluding hydrogens is 420 g/mol. The Morgan fingerprint density at radius 2 is 2.00 bits per heavy atom. The van der Waals surface area contributed by atoms with Crippen molar-refractivity contribution in [2.24, 2.45) is 11.7 Å². The third-order valence-corrected chi connectivity index (χ3v) is 6.96. The lowest BCUT2D eigenvalue weighted by Gasteiger charge is -2.25. The second-order valence-corrected chi connectivity index (χ2v) is 10.1. The number of nitrogens with one attached hydrogen (secondary N) is 2. The fourth-order valence-corrected chi connectivity index (χ4v) is 5.27. The molecule has 30 heavy (non-hydrogen) atoms. The monoisotopic (exact) mass is 450 g/mol. The van der Waals surface area contributed by atoms with E-state index in [9.17, 15) is 8.42 Å². The number of allylic oxidation sites excluding steroid dienone is 2. The Bertz CT molecular complexity index is 921. The van der Waals surface area contributed by atoms with Gasteiger partial charge in [0, 0.05) is 40.8 Å². The van der Waals surface area contributed by atoms with E-state index in [4.69, 9.17) is 22.7 Å². The molecule has 8 heteroatoms. The SMILES string of the molecule is N=C1C(=C(N)/C=C/S(=O)(=O)NN2CCCCC2)CCCCC1Cc1cccc(Cl)c1. The highest BCUT2D eigenvalue weighted by Gasteiger charge is 2.23. The van der Waals surface area contributed by atoms with Gasteiger partial charge in [0.05, 0.1) is 0 Å². The molecule has 1 aromatic carbocycles. The second-order valence-electron chi connectivity index (χ2n) is 8.11. The molecule has 164 valence electrons. The summed E-state index contributed by atoms with van der Waals surface area (Å²) in [6.45, 7) is 1.44. The number of piperidine rings is 1. The molecule has 1 atom stereocenters. The average molecular weight is 451 g/mol. The Kier molecular flexibility index (Phi) is 8.11. The molecule has 0 amide bonds. The highest BCUT2D eigenvalue weighted by atomic mass is 35.5. The maximum atomic E-state index is 12.4. The normalized spacial score (nSPS) is 23.5. The molecule has 0 aromatic heterocycles. The lowest BCUT2D eigenvalue weighted by Crippen LogP contribution is -2.44. The minimum atomic E-state index is -3.61. The number of sulfonamides is 1. The quantitative estimate of drug-likeness (QED) is 0.567. The van der Waals surface area contributed by atoms with Crippen molar-refractivity contribution in [3.63, 3.8) is 0 Å². The van der Waals surface area contributed by atoms with Gasteiger partial charge in [-0.25, -0.2) is 13.4 Å². The van der Waals surface area contributed by atoms with Gasteiger partial charge < -0.3 is 11.1 Å². The van der Waals surface area contributed by atoms with E-state index in [2.05, 4.69) is 4.83 Å². The van der Waals surface area contributed by atoms with Gasteiger partial charge in [0.15, 0.2) is 0 Å². The van der Waals surface area contributed by atoms with Gasteiger partial charge in [-0.2, -0.15) is 0 Å². The third kappa shape index (κ3) is 6.67. The summed E-state index contributed by atoms with van der Waals surface area (Å²) in [4.78, 5) is 2.60. The first kappa shape index (κ1) is 23.0. The lowest BCUT2D eigenvalue weighted by atomic mass is 9.88. The van der Waals surface area contributed by atoms with Crippen LogP contribution in [-0.2, 0) is 16.4 Å². The molecule has 6 nitrogen and oxygen atoms in total. The number of nitrogens with zero attached hydrogens (tertiary/aromatic N) is 1. The molecule has 2 fully saturated rings. The molecule has 1 aromatic rings. The van der Waals surface area contributed by atoms with Gasteiger partial charge in [-0.05, 0) is 67.9 Å². The first-order valence-electron chi connectivity index (χ1n) is 10.6. The molecule has 1 saturated heterocycles. The summed E-state index contributed by atoms with van der Waals surface area (Å²) in [6.07, 6.45) is 8.84. The molecule has 4 N–H and O–H groups in total. The molecule has 1 aliphatic carbocycles. The minimum Gasteiger partial charge on any atom is -0.398 e. The van der Waals surface area contributed by atoms with Crippen LogP contribution in [0.2, 0.25) is 5.02 Å². The van der Waals surface area contributed by atoms with Crippen molar-refractivity contribution in [2.45, 2.75) is 51.4 Å². The summed E-state index contributed by atoms with van der Waals surface area (Å²) in [6, 6.07) is 7.72. The van der Waals surface area contributed by atoms with Gasteiger partial charge in [-0.3, -0.25) is 0 Å². The van der Waals surface area contributed by atoms with E-state index in [-0.39, 0.29) is 5.92 Å². The fraction of sp³-hybridized carbons (Fsp3) is 0.500. The Labute approximate surface area is 184 Å². The van der Waals surface area contributed by atoms with Gasteiger partial charge in [0.25, 0.3) is 0 Å². The number of halogens is 1. The summed E-state index contributed by atoms with van der Waals surface area (Å²) in [5.41, 5.74) is 8.98. The van der Waals surface area contributed by atoms with E-state index in [0.717, 1.165) is 74.6 Å². The number of hydrogen-bond acceptors (Lipinski definition) is 5. The van der Waals surface area contributed by atoms with Crippen LogP contribution in [0, 0.1) is 11.3 Å². The summed E-state index contributed by atoms with van der Waals surface area (Å²) in [5.74, 6) is 0.0519. The van der Waals surface area contributed by atoms with Crippen molar-refractivity contribution < 1.29 is 8.42 Å². The van der Waals surface area contributed by atoms with E-state index in [1.165, 1.54) is 6.08 Å². The van der Waals surface area contributed by atoms with Gasteiger partial charge in [0.1, 0.15) is 0 Å². The topological polar surface area (TPSA) is 99.3 Å². The van der Waals surface area contributed by atoms with Crippen LogP contribution in [0.4, 0.5) is 0 Å². The molecule has 1 unspecified atom stereocenters. The Hall–Kier alpha value is -1.67. The maximum Gasteiger partial charge on any atom is 0.246 e. The smallest absolute Gasteiger partial charge is 0.246 e. The Morgan fingerprint density at radius 1 is 1.23 bits per heavy atom. The first-order valence-corrected chi connectivity index (χ1v) is 12.5. The van der Waals surface area contributed by atoms with Crippen LogP contribution < -0.4 is 10.6 Å². The van der Waals surface area contributed by atoms with Crippen molar-refractivity contribution >= 4 is 27.3 Å². The van der Waals surface area contributed by atoms with Crippen LogP contribution in [0.15, 0.2) is 47.0 Å². The summed E-state index contributed by atoms with van der Waals surface area (Å²) in [5, 5.41) is 12.3. The van der Waals surface area contributed by atoms with Crippen LogP contribution >= 0.6 is 11.6 Å². The predicted octanol–water partition coefficient (Wildman–Crippen LogP) is 4.14. The first-order chi connectivity index (χ1) is 14.3. The van der Waals surface area contributed by atoms with Crippen LogP contribution in [0.5, 0.6) is 0 Å². The molecular formula is C22H31ClN4O2S. The summed E-state index contributed by atoms with van der Waals surface area (Å²) in [7, 11) is -3.61. The average Bonchev–Trinajstić information content (AvgIpc) is 2.89. The van der Waals surface area contributed by atoms with Crippen LogP contribution in [0.25, 0.3) is 0 Å². The molecule has 1 heterocycles. The number of hydrogen-bond donors (Lipinski definition) is 3. The number of nitrogens with two attached hydrogens (primary N) is 1. The van der Waals surface area contributed by atoms with E-state index < -0.39 is 10.0 Å². The molecule has 3 rings (SSSR count). The van der Waals surface area contributed by atoms with Crippen molar-refractivity contribution in [1.29, 1.82) is 5.41 Å². The zero-order chi connectivity index (χ0) is 21.6. The van der Waals surface area contributed by atoms with Crippen molar-refractivity contribution in [1.82, 2.24) is 9.84 Å². The van der Waals surface area contributed by atoms with Crippen molar-refractivity contribution in [2.75, 3.05) is 13.1 Å². The van der Waals surface area contributed by atoms with Gasteiger partial charge >= 0.3 is 0 Å². The standard InChI is InChI=1S/C22H31ClN4O2S/c23-19-9-6-7-17(16-19)15-18-8-2-3-10-20(22(18)25)21(24)11-14-30(28,29)26-27-12-4-1-5-13-27/h6-7,9,11,14,16,18,25-26H,1-5,8,10,12-13,15,24H2/b14-11+,21-20?,25-22?. The van der Waals surface area contributed by atoms with Gasteiger partial charge in [0.2, 0.25) is 10.0 Å².